The van der Waals surface area contributed by atoms with Crippen LogP contribution in [0.15, 0.2) is 23.1 Å². The van der Waals surface area contributed by atoms with Crippen LogP contribution in [0, 0.1) is 0 Å². The minimum atomic E-state index is -0.361. The Bertz CT molecular complexity index is 603. The number of carbonyl (C=O) groups excluding carboxylic acids is 2. The van der Waals surface area contributed by atoms with Crippen molar-refractivity contribution in [2.75, 3.05) is 20.3 Å². The second-order valence-corrected chi connectivity index (χ2v) is 5.81. The molecule has 21 heavy (non-hydrogen) atoms. The maximum atomic E-state index is 12.2. The fraction of sp³-hybridized carbons (Fsp3) is 0.286. The number of methoxy groups -OCH3 is 1. The summed E-state index contributed by atoms with van der Waals surface area (Å²) in [5.74, 6) is -0.355. The summed E-state index contributed by atoms with van der Waals surface area (Å²) in [4.78, 5) is 25.5. The summed E-state index contributed by atoms with van der Waals surface area (Å²) < 4.78 is 4.91. The molecule has 2 rings (SSSR count). The van der Waals surface area contributed by atoms with Crippen LogP contribution in [0.5, 0.6) is 5.75 Å². The number of halogens is 1. The van der Waals surface area contributed by atoms with Gasteiger partial charge in [0, 0.05) is 30.8 Å². The largest absolute Gasteiger partial charge is 0.507 e. The summed E-state index contributed by atoms with van der Waals surface area (Å²) in [5, 5.41) is 9.87. The van der Waals surface area contributed by atoms with E-state index in [1.54, 1.807) is 13.2 Å². The van der Waals surface area contributed by atoms with Gasteiger partial charge < -0.3 is 9.84 Å². The van der Waals surface area contributed by atoms with Crippen LogP contribution >= 0.6 is 23.4 Å². The molecule has 0 aliphatic carbocycles. The van der Waals surface area contributed by atoms with Gasteiger partial charge in [0.2, 0.25) is 0 Å². The van der Waals surface area contributed by atoms with Crippen molar-refractivity contribution >= 4 is 40.6 Å². The first-order valence-corrected chi connectivity index (χ1v) is 7.45. The maximum absolute atomic E-state index is 12.2. The number of hydrogen-bond acceptors (Lipinski definition) is 5. The molecular formula is C14H14ClNO4S. The number of rotatable bonds is 5. The standard InChI is InChI=1S/C14H14ClNO4S/c1-20-6-2-5-16-13(18)12(21-14(16)19)8-9-7-10(15)3-4-11(9)17/h3-4,7-8,17H,2,5-6H2,1H3/b12-8+. The number of aromatic hydroxyl groups is 1. The van der Waals surface area contributed by atoms with Crippen LogP contribution in [0.4, 0.5) is 4.79 Å². The minimum Gasteiger partial charge on any atom is -0.507 e. The number of amides is 2. The van der Waals surface area contributed by atoms with Crippen molar-refractivity contribution in [1.82, 2.24) is 4.90 Å². The Hall–Kier alpha value is -1.50. The summed E-state index contributed by atoms with van der Waals surface area (Å²) in [6, 6.07) is 4.53. The quantitative estimate of drug-likeness (QED) is 0.665. The Morgan fingerprint density at radius 1 is 1.43 bits per heavy atom. The highest BCUT2D eigenvalue weighted by molar-refractivity contribution is 8.18. The van der Waals surface area contributed by atoms with Crippen molar-refractivity contribution in [1.29, 1.82) is 0 Å². The molecule has 1 aromatic carbocycles. The number of phenols is 1. The van der Waals surface area contributed by atoms with Gasteiger partial charge >= 0.3 is 0 Å². The van der Waals surface area contributed by atoms with Gasteiger partial charge in [-0.1, -0.05) is 11.6 Å². The monoisotopic (exact) mass is 327 g/mol. The van der Waals surface area contributed by atoms with Gasteiger partial charge in [-0.05, 0) is 42.5 Å². The molecule has 0 bridgehead atoms. The van der Waals surface area contributed by atoms with Crippen molar-refractivity contribution in [3.63, 3.8) is 0 Å². The molecule has 0 atom stereocenters. The highest BCUT2D eigenvalue weighted by Gasteiger charge is 2.34. The lowest BCUT2D eigenvalue weighted by atomic mass is 10.2. The van der Waals surface area contributed by atoms with E-state index in [9.17, 15) is 14.7 Å². The highest BCUT2D eigenvalue weighted by atomic mass is 35.5. The lowest BCUT2D eigenvalue weighted by molar-refractivity contribution is -0.122. The van der Waals surface area contributed by atoms with Gasteiger partial charge in [0.25, 0.3) is 11.1 Å². The molecule has 7 heteroatoms. The number of benzene rings is 1. The summed E-state index contributed by atoms with van der Waals surface area (Å²) in [6.07, 6.45) is 2.06. The Morgan fingerprint density at radius 2 is 2.19 bits per heavy atom. The van der Waals surface area contributed by atoms with Crippen LogP contribution in [0.3, 0.4) is 0 Å². The van der Waals surface area contributed by atoms with Gasteiger partial charge in [0.05, 0.1) is 4.91 Å². The highest BCUT2D eigenvalue weighted by Crippen LogP contribution is 2.34. The molecule has 1 N–H and O–H groups in total. The van der Waals surface area contributed by atoms with E-state index >= 15 is 0 Å². The van der Waals surface area contributed by atoms with Crippen molar-refractivity contribution in [3.8, 4) is 5.75 Å². The van der Waals surface area contributed by atoms with Crippen molar-refractivity contribution in [3.05, 3.63) is 33.7 Å². The van der Waals surface area contributed by atoms with Gasteiger partial charge in [0.15, 0.2) is 0 Å². The van der Waals surface area contributed by atoms with E-state index in [0.717, 1.165) is 11.8 Å². The van der Waals surface area contributed by atoms with Crippen LogP contribution in [-0.4, -0.2) is 41.4 Å². The first kappa shape index (κ1) is 15.9. The number of imide groups is 1. The van der Waals surface area contributed by atoms with Crippen LogP contribution < -0.4 is 0 Å². The molecule has 1 fully saturated rings. The zero-order chi connectivity index (χ0) is 15.4. The second kappa shape index (κ2) is 6.98. The molecule has 1 heterocycles. The topological polar surface area (TPSA) is 66.8 Å². The van der Waals surface area contributed by atoms with Crippen LogP contribution in [0.25, 0.3) is 6.08 Å². The first-order chi connectivity index (χ1) is 10.0. The average molecular weight is 328 g/mol. The number of ether oxygens (including phenoxy) is 1. The van der Waals surface area contributed by atoms with Crippen molar-refractivity contribution in [2.24, 2.45) is 0 Å². The third-order valence-electron chi connectivity index (χ3n) is 2.88. The van der Waals surface area contributed by atoms with E-state index in [1.165, 1.54) is 23.1 Å². The lowest BCUT2D eigenvalue weighted by Gasteiger charge is -2.11. The SMILES string of the molecule is COCCCN1C(=O)S/C(=C/c2cc(Cl)ccc2O)C1=O. The van der Waals surface area contributed by atoms with Gasteiger partial charge in [-0.25, -0.2) is 0 Å². The zero-order valence-electron chi connectivity index (χ0n) is 11.3. The number of hydrogen-bond donors (Lipinski definition) is 1. The molecule has 0 saturated carbocycles. The predicted molar refractivity (Wildman–Crippen MR) is 82.3 cm³/mol. The Labute approximate surface area is 131 Å². The summed E-state index contributed by atoms with van der Waals surface area (Å²) >= 11 is 6.71. The van der Waals surface area contributed by atoms with Crippen LogP contribution in [-0.2, 0) is 9.53 Å². The average Bonchev–Trinajstić information content (AvgIpc) is 2.70. The van der Waals surface area contributed by atoms with E-state index in [0.29, 0.717) is 30.2 Å². The number of nitrogens with zero attached hydrogens (tertiary/aromatic N) is 1. The van der Waals surface area contributed by atoms with E-state index in [1.807, 2.05) is 0 Å². The van der Waals surface area contributed by atoms with E-state index in [-0.39, 0.29) is 21.8 Å². The Kier molecular flexibility index (Phi) is 5.27. The molecule has 0 aromatic heterocycles. The molecule has 1 aromatic rings. The number of phenolic OH excluding ortho intramolecular Hbond substituents is 1. The van der Waals surface area contributed by atoms with Gasteiger partial charge in [-0.15, -0.1) is 0 Å². The minimum absolute atomic E-state index is 0.00517. The summed E-state index contributed by atoms with van der Waals surface area (Å²) in [6.45, 7) is 0.799. The molecular weight excluding hydrogens is 314 g/mol. The fourth-order valence-electron chi connectivity index (χ4n) is 1.84. The fourth-order valence-corrected chi connectivity index (χ4v) is 2.88. The van der Waals surface area contributed by atoms with E-state index in [2.05, 4.69) is 0 Å². The van der Waals surface area contributed by atoms with Gasteiger partial charge in [-0.3, -0.25) is 14.5 Å². The van der Waals surface area contributed by atoms with Crippen LogP contribution in [0.1, 0.15) is 12.0 Å². The first-order valence-electron chi connectivity index (χ1n) is 6.25. The van der Waals surface area contributed by atoms with Gasteiger partial charge in [-0.2, -0.15) is 0 Å². The molecule has 112 valence electrons. The lowest BCUT2D eigenvalue weighted by Crippen LogP contribution is -2.29. The molecule has 1 aliphatic heterocycles. The summed E-state index contributed by atoms with van der Waals surface area (Å²) in [7, 11) is 1.57. The predicted octanol–water partition coefficient (Wildman–Crippen LogP) is 3.12. The Morgan fingerprint density at radius 3 is 2.90 bits per heavy atom. The molecule has 0 radical (unpaired) electrons. The molecule has 1 saturated heterocycles. The Balaban J connectivity index is 2.18. The van der Waals surface area contributed by atoms with Crippen LogP contribution in [0.2, 0.25) is 5.02 Å². The molecule has 0 spiro atoms. The number of thioether (sulfide) groups is 1. The van der Waals surface area contributed by atoms with E-state index < -0.39 is 0 Å². The molecule has 5 nitrogen and oxygen atoms in total. The van der Waals surface area contributed by atoms with Crippen molar-refractivity contribution in [2.45, 2.75) is 6.42 Å². The normalized spacial score (nSPS) is 17.0. The zero-order valence-corrected chi connectivity index (χ0v) is 12.9. The van der Waals surface area contributed by atoms with E-state index in [4.69, 9.17) is 16.3 Å². The van der Waals surface area contributed by atoms with Crippen molar-refractivity contribution < 1.29 is 19.4 Å². The third-order valence-corrected chi connectivity index (χ3v) is 4.02. The second-order valence-electron chi connectivity index (χ2n) is 4.38. The third kappa shape index (κ3) is 3.78. The number of carbonyl (C=O) groups is 2. The summed E-state index contributed by atoms with van der Waals surface area (Å²) in [5.41, 5.74) is 0.407. The van der Waals surface area contributed by atoms with Gasteiger partial charge in [0.1, 0.15) is 5.75 Å². The molecule has 1 aliphatic rings. The molecule has 0 unspecified atom stereocenters. The smallest absolute Gasteiger partial charge is 0.293 e. The molecule has 2 amide bonds. The maximum Gasteiger partial charge on any atom is 0.293 e.